The lowest BCUT2D eigenvalue weighted by atomic mass is 10.4. The van der Waals surface area contributed by atoms with E-state index in [4.69, 9.17) is 4.42 Å². The minimum atomic E-state index is -3.62. The van der Waals surface area contributed by atoms with Crippen molar-refractivity contribution in [2.75, 3.05) is 7.05 Å². The molecule has 1 aliphatic carbocycles. The van der Waals surface area contributed by atoms with E-state index < -0.39 is 10.0 Å². The molecule has 0 unspecified atom stereocenters. The fourth-order valence-corrected chi connectivity index (χ4v) is 1.82. The first-order valence-electron chi connectivity index (χ1n) is 4.87. The van der Waals surface area contributed by atoms with Gasteiger partial charge in [0.15, 0.2) is 5.76 Å². The summed E-state index contributed by atoms with van der Waals surface area (Å²) in [5.74, 6) is -0.360. The van der Waals surface area contributed by atoms with Gasteiger partial charge in [0.05, 0.1) is 0 Å². The second-order valence-electron chi connectivity index (χ2n) is 3.57. The lowest BCUT2D eigenvalue weighted by Gasteiger charge is -1.99. The molecule has 2 N–H and O–H groups in total. The molecule has 1 heterocycles. The molecule has 1 aromatic heterocycles. The van der Waals surface area contributed by atoms with E-state index in [-0.39, 0.29) is 22.8 Å². The Kier molecular flexibility index (Phi) is 2.73. The third-order valence-corrected chi connectivity index (χ3v) is 3.54. The fraction of sp³-hybridized carbons (Fsp3) is 0.444. The molecule has 0 atom stereocenters. The Morgan fingerprint density at radius 1 is 1.44 bits per heavy atom. The molecule has 6 nitrogen and oxygen atoms in total. The van der Waals surface area contributed by atoms with E-state index in [1.54, 1.807) is 0 Å². The summed E-state index contributed by atoms with van der Waals surface area (Å²) in [5.41, 5.74) is 0. The van der Waals surface area contributed by atoms with Crippen LogP contribution in [0.4, 0.5) is 0 Å². The van der Waals surface area contributed by atoms with Gasteiger partial charge in [-0.15, -0.1) is 0 Å². The van der Waals surface area contributed by atoms with E-state index in [2.05, 4.69) is 10.0 Å². The average molecular weight is 244 g/mol. The van der Waals surface area contributed by atoms with Crippen LogP contribution in [0.15, 0.2) is 21.6 Å². The summed E-state index contributed by atoms with van der Waals surface area (Å²) in [6.45, 7) is 0. The summed E-state index contributed by atoms with van der Waals surface area (Å²) >= 11 is 0. The molecule has 1 aliphatic rings. The molecule has 0 bridgehead atoms. The fourth-order valence-electron chi connectivity index (χ4n) is 1.17. The van der Waals surface area contributed by atoms with Gasteiger partial charge < -0.3 is 9.73 Å². The number of hydrogen-bond acceptors (Lipinski definition) is 4. The highest BCUT2D eigenvalue weighted by Crippen LogP contribution is 2.20. The van der Waals surface area contributed by atoms with Crippen LogP contribution in [0, 0.1) is 0 Å². The smallest absolute Gasteiger partial charge is 0.287 e. The molecule has 16 heavy (non-hydrogen) atoms. The van der Waals surface area contributed by atoms with E-state index in [1.807, 2.05) is 0 Å². The Hall–Kier alpha value is -1.34. The molecular weight excluding hydrogens is 232 g/mol. The summed E-state index contributed by atoms with van der Waals surface area (Å²) in [6.07, 6.45) is 1.93. The van der Waals surface area contributed by atoms with Crippen molar-refractivity contribution < 1.29 is 17.6 Å². The highest BCUT2D eigenvalue weighted by atomic mass is 32.2. The largest absolute Gasteiger partial charge is 0.438 e. The van der Waals surface area contributed by atoms with Crippen LogP contribution in [0.1, 0.15) is 23.4 Å². The number of carbonyl (C=O) groups excluding carboxylic acids is 1. The lowest BCUT2D eigenvalue weighted by Crippen LogP contribution is -2.25. The Balaban J connectivity index is 2.15. The summed E-state index contributed by atoms with van der Waals surface area (Å²) in [5, 5.41) is 2.45. The van der Waals surface area contributed by atoms with Crippen molar-refractivity contribution in [1.29, 1.82) is 0 Å². The maximum atomic E-state index is 11.5. The topological polar surface area (TPSA) is 88.4 Å². The predicted molar refractivity (Wildman–Crippen MR) is 55.4 cm³/mol. The molecule has 0 aromatic carbocycles. The lowest BCUT2D eigenvalue weighted by molar-refractivity contribution is 0.0918. The third kappa shape index (κ3) is 2.25. The second kappa shape index (κ2) is 3.91. The van der Waals surface area contributed by atoms with Gasteiger partial charge in [-0.05, 0) is 32.0 Å². The van der Waals surface area contributed by atoms with Crippen LogP contribution >= 0.6 is 0 Å². The number of sulfonamides is 1. The molecule has 0 aliphatic heterocycles. The molecule has 1 fully saturated rings. The average Bonchev–Trinajstić information content (AvgIpc) is 2.91. The third-order valence-electron chi connectivity index (χ3n) is 2.25. The van der Waals surface area contributed by atoms with Crippen LogP contribution in [0.25, 0.3) is 0 Å². The quantitative estimate of drug-likeness (QED) is 0.785. The highest BCUT2D eigenvalue weighted by molar-refractivity contribution is 7.89. The van der Waals surface area contributed by atoms with Gasteiger partial charge in [-0.3, -0.25) is 4.79 Å². The molecule has 1 aromatic rings. The van der Waals surface area contributed by atoms with Crippen molar-refractivity contribution in [2.24, 2.45) is 0 Å². The van der Waals surface area contributed by atoms with Crippen LogP contribution in [0.2, 0.25) is 0 Å². The van der Waals surface area contributed by atoms with Gasteiger partial charge >= 0.3 is 0 Å². The zero-order chi connectivity index (χ0) is 11.8. The predicted octanol–water partition coefficient (Wildman–Crippen LogP) is 0.0799. The first kappa shape index (κ1) is 11.2. The molecule has 1 amide bonds. The second-order valence-corrected chi connectivity index (χ2v) is 5.39. The standard InChI is InChI=1S/C9H12N2O4S/c1-10-16(13,14)8-5-4-7(15-8)9(12)11-6-2-3-6/h4-6,10H,2-3H2,1H3,(H,11,12). The van der Waals surface area contributed by atoms with Gasteiger partial charge in [0.1, 0.15) is 0 Å². The van der Waals surface area contributed by atoms with Gasteiger partial charge in [0, 0.05) is 6.04 Å². The van der Waals surface area contributed by atoms with Gasteiger partial charge in [-0.1, -0.05) is 0 Å². The Morgan fingerprint density at radius 2 is 2.12 bits per heavy atom. The Bertz CT molecular complexity index is 501. The van der Waals surface area contributed by atoms with Gasteiger partial charge in [-0.25, -0.2) is 13.1 Å². The molecule has 0 saturated heterocycles. The zero-order valence-corrected chi connectivity index (χ0v) is 9.50. The van der Waals surface area contributed by atoms with Crippen LogP contribution in [-0.2, 0) is 10.0 Å². The van der Waals surface area contributed by atoms with E-state index in [0.29, 0.717) is 0 Å². The highest BCUT2D eigenvalue weighted by Gasteiger charge is 2.26. The minimum absolute atomic E-state index is 0.0146. The van der Waals surface area contributed by atoms with Crippen LogP contribution in [-0.4, -0.2) is 27.4 Å². The summed E-state index contributed by atoms with van der Waals surface area (Å²) in [6, 6.07) is 2.82. The van der Waals surface area contributed by atoms with Crippen molar-refractivity contribution in [3.05, 3.63) is 17.9 Å². The molecule has 1 saturated carbocycles. The van der Waals surface area contributed by atoms with E-state index in [0.717, 1.165) is 12.8 Å². The maximum Gasteiger partial charge on any atom is 0.287 e. The molecule has 7 heteroatoms. The number of nitrogens with one attached hydrogen (secondary N) is 2. The first-order chi connectivity index (χ1) is 7.53. The number of hydrogen-bond donors (Lipinski definition) is 2. The molecular formula is C9H12N2O4S. The SMILES string of the molecule is CNS(=O)(=O)c1ccc(C(=O)NC2CC2)o1. The van der Waals surface area contributed by atoms with Crippen molar-refractivity contribution in [2.45, 2.75) is 24.0 Å². The van der Waals surface area contributed by atoms with Crippen LogP contribution in [0.3, 0.4) is 0 Å². The van der Waals surface area contributed by atoms with Crippen LogP contribution in [0.5, 0.6) is 0 Å². The monoisotopic (exact) mass is 244 g/mol. The van der Waals surface area contributed by atoms with Gasteiger partial charge in [0.25, 0.3) is 15.9 Å². The van der Waals surface area contributed by atoms with Gasteiger partial charge in [-0.2, -0.15) is 0 Å². The molecule has 0 radical (unpaired) electrons. The Morgan fingerprint density at radius 3 is 2.69 bits per heavy atom. The zero-order valence-electron chi connectivity index (χ0n) is 8.69. The molecule has 88 valence electrons. The van der Waals surface area contributed by atoms with Crippen molar-refractivity contribution in [1.82, 2.24) is 10.0 Å². The summed E-state index contributed by atoms with van der Waals surface area (Å²) in [7, 11) is -2.34. The van der Waals surface area contributed by atoms with Crippen molar-refractivity contribution in [3.63, 3.8) is 0 Å². The first-order valence-corrected chi connectivity index (χ1v) is 6.35. The normalized spacial score (nSPS) is 16.1. The molecule has 0 spiro atoms. The minimum Gasteiger partial charge on any atom is -0.438 e. The number of rotatable bonds is 4. The number of amides is 1. The van der Waals surface area contributed by atoms with E-state index in [1.165, 1.54) is 19.2 Å². The van der Waals surface area contributed by atoms with Gasteiger partial charge in [0.2, 0.25) is 5.09 Å². The Labute approximate surface area is 93.1 Å². The van der Waals surface area contributed by atoms with Crippen LogP contribution < -0.4 is 10.0 Å². The van der Waals surface area contributed by atoms with E-state index >= 15 is 0 Å². The number of carbonyl (C=O) groups is 1. The number of furan rings is 1. The van der Waals surface area contributed by atoms with E-state index in [9.17, 15) is 13.2 Å². The molecule has 2 rings (SSSR count). The summed E-state index contributed by atoms with van der Waals surface area (Å²) in [4.78, 5) is 11.5. The maximum absolute atomic E-state index is 11.5. The summed E-state index contributed by atoms with van der Waals surface area (Å²) < 4.78 is 29.7. The van der Waals surface area contributed by atoms with Crippen molar-refractivity contribution in [3.8, 4) is 0 Å². The van der Waals surface area contributed by atoms with Crippen molar-refractivity contribution >= 4 is 15.9 Å².